The summed E-state index contributed by atoms with van der Waals surface area (Å²) in [7, 11) is 0. The summed E-state index contributed by atoms with van der Waals surface area (Å²) in [5.74, 6) is 0.684. The number of ether oxygens (including phenoxy) is 1. The zero-order valence-corrected chi connectivity index (χ0v) is 13.5. The highest BCUT2D eigenvalue weighted by atomic mass is 35.5. The zero-order valence-electron chi connectivity index (χ0n) is 12.7. The largest absolute Gasteiger partial charge is 0.485 e. The predicted molar refractivity (Wildman–Crippen MR) is 86.3 cm³/mol. The van der Waals surface area contributed by atoms with Crippen molar-refractivity contribution < 1.29 is 9.53 Å². The van der Waals surface area contributed by atoms with E-state index in [0.29, 0.717) is 6.54 Å². The van der Waals surface area contributed by atoms with Gasteiger partial charge in [-0.05, 0) is 31.6 Å². The molecule has 21 heavy (non-hydrogen) atoms. The Hall–Kier alpha value is -1.26. The number of para-hydroxylation sites is 2. The topological polar surface area (TPSA) is 32.8 Å². The number of likely N-dealkylation sites (N-methyl/N-ethyl adjacent to an activating group) is 1. The summed E-state index contributed by atoms with van der Waals surface area (Å²) < 4.78 is 6.06. The smallest absolute Gasteiger partial charge is 0.242 e. The van der Waals surface area contributed by atoms with E-state index in [4.69, 9.17) is 16.3 Å². The second-order valence-corrected chi connectivity index (χ2v) is 5.51. The first kappa shape index (κ1) is 16.1. The first-order chi connectivity index (χ1) is 10.2. The van der Waals surface area contributed by atoms with E-state index >= 15 is 0 Å². The number of benzene rings is 1. The molecule has 0 fully saturated rings. The number of amides is 1. The molecule has 5 heteroatoms. The van der Waals surface area contributed by atoms with E-state index in [9.17, 15) is 4.79 Å². The molecule has 0 spiro atoms. The Balaban J connectivity index is 2.15. The van der Waals surface area contributed by atoms with Gasteiger partial charge >= 0.3 is 0 Å². The minimum absolute atomic E-state index is 0.00644. The van der Waals surface area contributed by atoms with E-state index in [2.05, 4.69) is 18.7 Å². The molecule has 1 aromatic rings. The average molecular weight is 311 g/mol. The van der Waals surface area contributed by atoms with Crippen LogP contribution in [0, 0.1) is 0 Å². The maximum atomic E-state index is 12.1. The molecule has 0 saturated carbocycles. The SMILES string of the molecule is CCCN(CC)CC1CN(C(=O)CCl)c2ccccc2O1. The molecule has 1 aromatic carbocycles. The maximum absolute atomic E-state index is 12.1. The van der Waals surface area contributed by atoms with Crippen LogP contribution in [0.3, 0.4) is 0 Å². The number of nitrogens with zero attached hydrogens (tertiary/aromatic N) is 2. The van der Waals surface area contributed by atoms with Crippen LogP contribution in [0.5, 0.6) is 5.75 Å². The maximum Gasteiger partial charge on any atom is 0.242 e. The molecule has 0 bridgehead atoms. The van der Waals surface area contributed by atoms with Gasteiger partial charge in [-0.2, -0.15) is 0 Å². The van der Waals surface area contributed by atoms with E-state index in [1.54, 1.807) is 4.90 Å². The number of anilines is 1. The fourth-order valence-corrected chi connectivity index (χ4v) is 2.83. The molecule has 0 aliphatic carbocycles. The molecule has 1 unspecified atom stereocenters. The Morgan fingerprint density at radius 2 is 2.19 bits per heavy atom. The normalized spacial score (nSPS) is 17.5. The van der Waals surface area contributed by atoms with Gasteiger partial charge < -0.3 is 9.64 Å². The number of carbonyl (C=O) groups is 1. The van der Waals surface area contributed by atoms with Gasteiger partial charge in [-0.15, -0.1) is 11.6 Å². The van der Waals surface area contributed by atoms with Gasteiger partial charge in [0.05, 0.1) is 12.2 Å². The number of hydrogen-bond acceptors (Lipinski definition) is 3. The van der Waals surface area contributed by atoms with E-state index in [0.717, 1.165) is 37.5 Å². The molecular formula is C16H23ClN2O2. The molecule has 0 N–H and O–H groups in total. The monoisotopic (exact) mass is 310 g/mol. The van der Waals surface area contributed by atoms with Crippen LogP contribution in [0.4, 0.5) is 5.69 Å². The molecule has 2 rings (SSSR count). The van der Waals surface area contributed by atoms with E-state index < -0.39 is 0 Å². The van der Waals surface area contributed by atoms with Crippen molar-refractivity contribution in [3.05, 3.63) is 24.3 Å². The summed E-state index contributed by atoms with van der Waals surface area (Å²) in [6, 6.07) is 7.65. The summed E-state index contributed by atoms with van der Waals surface area (Å²) >= 11 is 5.74. The van der Waals surface area contributed by atoms with Crippen LogP contribution >= 0.6 is 11.6 Å². The number of hydrogen-bond donors (Lipinski definition) is 0. The van der Waals surface area contributed by atoms with Crippen molar-refractivity contribution in [3.8, 4) is 5.75 Å². The quantitative estimate of drug-likeness (QED) is 0.757. The Bertz CT molecular complexity index is 481. The van der Waals surface area contributed by atoms with Gasteiger partial charge in [0.1, 0.15) is 17.7 Å². The predicted octanol–water partition coefficient (Wildman–Crippen LogP) is 2.75. The number of rotatable bonds is 6. The third-order valence-corrected chi connectivity index (χ3v) is 3.93. The van der Waals surface area contributed by atoms with Crippen LogP contribution in [0.1, 0.15) is 20.3 Å². The lowest BCUT2D eigenvalue weighted by molar-refractivity contribution is -0.116. The summed E-state index contributed by atoms with van der Waals surface area (Å²) in [5, 5.41) is 0. The molecule has 1 aliphatic heterocycles. The summed E-state index contributed by atoms with van der Waals surface area (Å²) in [6.07, 6.45) is 1.10. The highest BCUT2D eigenvalue weighted by Crippen LogP contribution is 2.33. The van der Waals surface area contributed by atoms with Crippen LogP contribution in [0.15, 0.2) is 24.3 Å². The van der Waals surface area contributed by atoms with Gasteiger partial charge in [0.15, 0.2) is 0 Å². The fraction of sp³-hybridized carbons (Fsp3) is 0.562. The highest BCUT2D eigenvalue weighted by Gasteiger charge is 2.29. The molecule has 4 nitrogen and oxygen atoms in total. The number of halogens is 1. The Morgan fingerprint density at radius 3 is 2.86 bits per heavy atom. The third-order valence-electron chi connectivity index (χ3n) is 3.70. The molecule has 1 heterocycles. The molecule has 1 atom stereocenters. The van der Waals surface area contributed by atoms with Crippen molar-refractivity contribution >= 4 is 23.2 Å². The van der Waals surface area contributed by atoms with E-state index in [1.165, 1.54) is 0 Å². The van der Waals surface area contributed by atoms with Crippen molar-refractivity contribution in [1.82, 2.24) is 4.90 Å². The first-order valence-electron chi connectivity index (χ1n) is 7.53. The Kier molecular flexibility index (Phi) is 5.88. The average Bonchev–Trinajstić information content (AvgIpc) is 2.52. The van der Waals surface area contributed by atoms with Crippen molar-refractivity contribution in [2.75, 3.05) is 37.0 Å². The first-order valence-corrected chi connectivity index (χ1v) is 8.07. The van der Waals surface area contributed by atoms with Crippen molar-refractivity contribution in [2.24, 2.45) is 0 Å². The molecule has 1 amide bonds. The lowest BCUT2D eigenvalue weighted by Crippen LogP contribution is -2.49. The lowest BCUT2D eigenvalue weighted by Gasteiger charge is -2.36. The third kappa shape index (κ3) is 3.89. The van der Waals surface area contributed by atoms with Gasteiger partial charge in [-0.25, -0.2) is 0 Å². The second kappa shape index (κ2) is 7.66. The minimum Gasteiger partial charge on any atom is -0.485 e. The standard InChI is InChI=1S/C16H23ClN2O2/c1-3-9-18(4-2)11-13-12-19(16(20)10-17)14-7-5-6-8-15(14)21-13/h5-8,13H,3-4,9-12H2,1-2H3. The lowest BCUT2D eigenvalue weighted by atomic mass is 10.1. The second-order valence-electron chi connectivity index (χ2n) is 5.24. The molecular weight excluding hydrogens is 288 g/mol. The Labute approximate surface area is 131 Å². The fourth-order valence-electron chi connectivity index (χ4n) is 2.68. The van der Waals surface area contributed by atoms with Gasteiger partial charge in [-0.1, -0.05) is 26.0 Å². The van der Waals surface area contributed by atoms with Crippen molar-refractivity contribution in [2.45, 2.75) is 26.4 Å². The number of carbonyl (C=O) groups excluding carboxylic acids is 1. The molecule has 1 aliphatic rings. The zero-order chi connectivity index (χ0) is 15.2. The van der Waals surface area contributed by atoms with Crippen molar-refractivity contribution in [3.63, 3.8) is 0 Å². The molecule has 0 saturated heterocycles. The van der Waals surface area contributed by atoms with Crippen molar-refractivity contribution in [1.29, 1.82) is 0 Å². The number of fused-ring (bicyclic) bond motifs is 1. The van der Waals surface area contributed by atoms with Gasteiger partial charge in [-0.3, -0.25) is 9.69 Å². The van der Waals surface area contributed by atoms with Gasteiger partial charge in [0, 0.05) is 6.54 Å². The Morgan fingerprint density at radius 1 is 1.43 bits per heavy atom. The molecule has 0 radical (unpaired) electrons. The van der Waals surface area contributed by atoms with Gasteiger partial charge in [0.2, 0.25) is 5.91 Å². The summed E-state index contributed by atoms with van der Waals surface area (Å²) in [5.41, 5.74) is 0.818. The summed E-state index contributed by atoms with van der Waals surface area (Å²) in [4.78, 5) is 16.2. The highest BCUT2D eigenvalue weighted by molar-refractivity contribution is 6.29. The number of alkyl halides is 1. The van der Waals surface area contributed by atoms with Crippen LogP contribution in [-0.2, 0) is 4.79 Å². The van der Waals surface area contributed by atoms with E-state index in [-0.39, 0.29) is 17.9 Å². The molecule has 0 aromatic heterocycles. The van der Waals surface area contributed by atoms with E-state index in [1.807, 2.05) is 24.3 Å². The van der Waals surface area contributed by atoms with Crippen LogP contribution < -0.4 is 9.64 Å². The molecule has 116 valence electrons. The summed E-state index contributed by atoms with van der Waals surface area (Å²) in [6.45, 7) is 7.73. The minimum atomic E-state index is -0.0732. The van der Waals surface area contributed by atoms with Gasteiger partial charge in [0.25, 0.3) is 0 Å². The van der Waals surface area contributed by atoms with Crippen LogP contribution in [0.25, 0.3) is 0 Å². The van der Waals surface area contributed by atoms with Crippen LogP contribution in [0.2, 0.25) is 0 Å². The van der Waals surface area contributed by atoms with Crippen LogP contribution in [-0.4, -0.2) is 49.0 Å².